The Morgan fingerprint density at radius 1 is 1.11 bits per heavy atom. The van der Waals surface area contributed by atoms with E-state index < -0.39 is 42.3 Å². The minimum absolute atomic E-state index is 0.891. The van der Waals surface area contributed by atoms with Gasteiger partial charge in [0.25, 0.3) is 5.91 Å². The summed E-state index contributed by atoms with van der Waals surface area (Å²) in [6, 6.07) is 0. The lowest BCUT2D eigenvalue weighted by molar-refractivity contribution is -0.344. The number of alkyl halides is 7. The molecule has 1 unspecified atom stereocenters. The van der Waals surface area contributed by atoms with Crippen molar-refractivity contribution in [2.24, 2.45) is 11.7 Å². The lowest BCUT2D eigenvalue weighted by atomic mass is 10.1. The standard InChI is InChI=1S/C8H9F7N2O2/c1-3(4(16)18)2-17-5(19)6(9,10)7(11,12)8(13,14)15/h3H,2H2,1H3,(H2,16,18)(H,17,19). The molecule has 2 amide bonds. The van der Waals surface area contributed by atoms with E-state index in [1.54, 1.807) is 0 Å². The van der Waals surface area contributed by atoms with Crippen LogP contribution >= 0.6 is 0 Å². The van der Waals surface area contributed by atoms with Gasteiger partial charge in [-0.1, -0.05) is 6.92 Å². The van der Waals surface area contributed by atoms with E-state index in [0.29, 0.717) is 0 Å². The van der Waals surface area contributed by atoms with E-state index in [2.05, 4.69) is 5.73 Å². The lowest BCUT2D eigenvalue weighted by Gasteiger charge is -2.27. The van der Waals surface area contributed by atoms with Gasteiger partial charge in [0, 0.05) is 6.54 Å². The fraction of sp³-hybridized carbons (Fsp3) is 0.750. The molecule has 19 heavy (non-hydrogen) atoms. The maximum Gasteiger partial charge on any atom is 0.460 e. The number of carbonyl (C=O) groups excluding carboxylic acids is 2. The molecular weight excluding hydrogens is 289 g/mol. The molecule has 0 aromatic heterocycles. The maximum absolute atomic E-state index is 12.7. The summed E-state index contributed by atoms with van der Waals surface area (Å²) in [4.78, 5) is 21.2. The Morgan fingerprint density at radius 2 is 1.53 bits per heavy atom. The molecule has 0 bridgehead atoms. The van der Waals surface area contributed by atoms with E-state index in [4.69, 9.17) is 0 Å². The smallest absolute Gasteiger partial charge is 0.369 e. The van der Waals surface area contributed by atoms with Crippen molar-refractivity contribution in [2.45, 2.75) is 24.9 Å². The van der Waals surface area contributed by atoms with Gasteiger partial charge in [-0.2, -0.15) is 30.7 Å². The molecular formula is C8H9F7N2O2. The Balaban J connectivity index is 4.93. The number of halogens is 7. The van der Waals surface area contributed by atoms with Gasteiger partial charge in [-0.3, -0.25) is 9.59 Å². The number of carbonyl (C=O) groups is 2. The molecule has 0 heterocycles. The second-order valence-corrected chi connectivity index (χ2v) is 3.66. The number of amides is 2. The van der Waals surface area contributed by atoms with Crippen molar-refractivity contribution < 1.29 is 40.3 Å². The summed E-state index contributed by atoms with van der Waals surface area (Å²) >= 11 is 0. The number of rotatable bonds is 5. The zero-order valence-corrected chi connectivity index (χ0v) is 9.32. The van der Waals surface area contributed by atoms with Crippen LogP contribution in [0.15, 0.2) is 0 Å². The molecule has 0 fully saturated rings. The monoisotopic (exact) mass is 298 g/mol. The summed E-state index contributed by atoms with van der Waals surface area (Å²) in [5, 5.41) is 1.11. The molecule has 0 aliphatic rings. The van der Waals surface area contributed by atoms with E-state index in [-0.39, 0.29) is 0 Å². The minimum Gasteiger partial charge on any atom is -0.369 e. The normalized spacial score (nSPS) is 14.9. The average molecular weight is 298 g/mol. The molecule has 112 valence electrons. The number of nitrogens with two attached hydrogens (primary N) is 1. The van der Waals surface area contributed by atoms with Crippen LogP contribution in [0.2, 0.25) is 0 Å². The quantitative estimate of drug-likeness (QED) is 0.745. The fourth-order valence-corrected chi connectivity index (χ4v) is 0.778. The molecule has 3 N–H and O–H groups in total. The molecule has 0 aliphatic carbocycles. The molecule has 0 aromatic rings. The van der Waals surface area contributed by atoms with Crippen molar-refractivity contribution in [3.05, 3.63) is 0 Å². The van der Waals surface area contributed by atoms with Crippen LogP contribution in [-0.4, -0.2) is 36.4 Å². The van der Waals surface area contributed by atoms with Crippen molar-refractivity contribution in [3.8, 4) is 0 Å². The van der Waals surface area contributed by atoms with Gasteiger partial charge in [0.15, 0.2) is 0 Å². The van der Waals surface area contributed by atoms with Gasteiger partial charge in [-0.05, 0) is 0 Å². The van der Waals surface area contributed by atoms with Crippen LogP contribution in [0.4, 0.5) is 30.7 Å². The average Bonchev–Trinajstić information content (AvgIpc) is 2.22. The molecule has 0 aliphatic heterocycles. The zero-order valence-electron chi connectivity index (χ0n) is 9.32. The van der Waals surface area contributed by atoms with Crippen LogP contribution < -0.4 is 11.1 Å². The summed E-state index contributed by atoms with van der Waals surface area (Å²) in [6.07, 6.45) is -6.59. The highest BCUT2D eigenvalue weighted by atomic mass is 19.4. The predicted octanol–water partition coefficient (Wildman–Crippen LogP) is 1.06. The van der Waals surface area contributed by atoms with Crippen molar-refractivity contribution in [2.75, 3.05) is 6.54 Å². The Morgan fingerprint density at radius 3 is 1.84 bits per heavy atom. The zero-order chi connectivity index (χ0) is 15.6. The summed E-state index contributed by atoms with van der Waals surface area (Å²) in [5.41, 5.74) is 4.68. The summed E-state index contributed by atoms with van der Waals surface area (Å²) < 4.78 is 85.5. The summed E-state index contributed by atoms with van der Waals surface area (Å²) in [7, 11) is 0. The van der Waals surface area contributed by atoms with Gasteiger partial charge in [0.2, 0.25) is 5.91 Å². The fourth-order valence-electron chi connectivity index (χ4n) is 0.778. The highest BCUT2D eigenvalue weighted by Gasteiger charge is 2.76. The number of primary amides is 1. The van der Waals surface area contributed by atoms with Crippen LogP contribution in [0, 0.1) is 5.92 Å². The maximum atomic E-state index is 12.7. The Labute approximate surface area is 102 Å². The van der Waals surface area contributed by atoms with Gasteiger partial charge < -0.3 is 11.1 Å². The first-order valence-electron chi connectivity index (χ1n) is 4.65. The van der Waals surface area contributed by atoms with Crippen LogP contribution in [-0.2, 0) is 9.59 Å². The van der Waals surface area contributed by atoms with E-state index in [1.807, 2.05) is 0 Å². The van der Waals surface area contributed by atoms with Crippen LogP contribution in [0.25, 0.3) is 0 Å². The third-order valence-electron chi connectivity index (χ3n) is 2.09. The van der Waals surface area contributed by atoms with Gasteiger partial charge in [-0.15, -0.1) is 0 Å². The highest BCUT2D eigenvalue weighted by molar-refractivity contribution is 5.85. The molecule has 0 rings (SSSR count). The third-order valence-corrected chi connectivity index (χ3v) is 2.09. The van der Waals surface area contributed by atoms with Crippen molar-refractivity contribution in [3.63, 3.8) is 0 Å². The third kappa shape index (κ3) is 3.47. The molecule has 0 aromatic carbocycles. The van der Waals surface area contributed by atoms with E-state index in [0.717, 1.165) is 12.2 Å². The number of nitrogens with one attached hydrogen (secondary N) is 1. The first-order valence-corrected chi connectivity index (χ1v) is 4.65. The summed E-state index contributed by atoms with van der Waals surface area (Å²) in [6.45, 7) is 0.167. The largest absolute Gasteiger partial charge is 0.460 e. The molecule has 4 nitrogen and oxygen atoms in total. The molecule has 1 atom stereocenters. The van der Waals surface area contributed by atoms with Crippen molar-refractivity contribution >= 4 is 11.8 Å². The molecule has 11 heteroatoms. The highest BCUT2D eigenvalue weighted by Crippen LogP contribution is 2.46. The lowest BCUT2D eigenvalue weighted by Crippen LogP contribution is -2.59. The second-order valence-electron chi connectivity index (χ2n) is 3.66. The van der Waals surface area contributed by atoms with Crippen molar-refractivity contribution in [1.29, 1.82) is 0 Å². The molecule has 0 radical (unpaired) electrons. The second kappa shape index (κ2) is 5.21. The van der Waals surface area contributed by atoms with Crippen molar-refractivity contribution in [1.82, 2.24) is 5.32 Å². The Bertz CT molecular complexity index is 367. The van der Waals surface area contributed by atoms with Crippen LogP contribution in [0.1, 0.15) is 6.92 Å². The molecule has 0 saturated carbocycles. The topological polar surface area (TPSA) is 72.2 Å². The predicted molar refractivity (Wildman–Crippen MR) is 47.3 cm³/mol. The molecule has 0 spiro atoms. The SMILES string of the molecule is CC(CNC(=O)C(F)(F)C(F)(F)C(F)(F)F)C(N)=O. The number of hydrogen-bond acceptors (Lipinski definition) is 2. The van der Waals surface area contributed by atoms with E-state index >= 15 is 0 Å². The minimum atomic E-state index is -6.59. The Kier molecular flexibility index (Phi) is 4.79. The van der Waals surface area contributed by atoms with Gasteiger partial charge in [0.05, 0.1) is 5.92 Å². The van der Waals surface area contributed by atoms with E-state index in [1.165, 1.54) is 0 Å². The number of hydrogen-bond donors (Lipinski definition) is 2. The Hall–Kier alpha value is -1.55. The van der Waals surface area contributed by atoms with E-state index in [9.17, 15) is 40.3 Å². The first-order chi connectivity index (χ1) is 8.25. The van der Waals surface area contributed by atoms with Gasteiger partial charge in [0.1, 0.15) is 0 Å². The van der Waals surface area contributed by atoms with Gasteiger partial charge in [-0.25, -0.2) is 0 Å². The van der Waals surface area contributed by atoms with Crippen LogP contribution in [0.3, 0.4) is 0 Å². The summed E-state index contributed by atoms with van der Waals surface area (Å²) in [5.74, 6) is -17.6. The first kappa shape index (κ1) is 17.4. The molecule has 0 saturated heterocycles. The van der Waals surface area contributed by atoms with Crippen LogP contribution in [0.5, 0.6) is 0 Å². The van der Waals surface area contributed by atoms with Gasteiger partial charge >= 0.3 is 18.0 Å².